The molecule has 3 heterocycles. The van der Waals surface area contributed by atoms with Crippen LogP contribution in [0.2, 0.25) is 0 Å². The van der Waals surface area contributed by atoms with Crippen LogP contribution in [0.25, 0.3) is 5.69 Å². The Kier molecular flexibility index (Phi) is 4.93. The summed E-state index contributed by atoms with van der Waals surface area (Å²) in [5.41, 5.74) is 0.778. The van der Waals surface area contributed by atoms with E-state index in [0.29, 0.717) is 31.7 Å². The second kappa shape index (κ2) is 7.67. The van der Waals surface area contributed by atoms with Crippen molar-refractivity contribution in [2.45, 2.75) is 12.8 Å². The van der Waals surface area contributed by atoms with Gasteiger partial charge < -0.3 is 9.64 Å². The van der Waals surface area contributed by atoms with E-state index in [9.17, 15) is 9.59 Å². The highest BCUT2D eigenvalue weighted by Crippen LogP contribution is 2.23. The number of piperidine rings is 1. The molecule has 0 radical (unpaired) electrons. The molecule has 0 aliphatic carbocycles. The minimum atomic E-state index is -0.256. The Balaban J connectivity index is 1.31. The molecule has 1 saturated heterocycles. The maximum Gasteiger partial charge on any atom is 0.314 e. The average Bonchev–Trinajstić information content (AvgIpc) is 3.42. The molecule has 0 N–H and O–H groups in total. The van der Waals surface area contributed by atoms with Gasteiger partial charge in [0.2, 0.25) is 0 Å². The van der Waals surface area contributed by atoms with Gasteiger partial charge in [0.15, 0.2) is 0 Å². The van der Waals surface area contributed by atoms with Gasteiger partial charge >= 0.3 is 5.97 Å². The fourth-order valence-corrected chi connectivity index (χ4v) is 3.71. The molecule has 8 nitrogen and oxygen atoms in total. The topological polar surface area (TPSA) is 90.2 Å². The normalized spacial score (nSPS) is 14.9. The van der Waals surface area contributed by atoms with Crippen LogP contribution in [0.15, 0.2) is 48.1 Å². The summed E-state index contributed by atoms with van der Waals surface area (Å²) in [6.45, 7) is 1.13. The third kappa shape index (κ3) is 3.87. The van der Waals surface area contributed by atoms with Gasteiger partial charge in [0.25, 0.3) is 5.91 Å². The van der Waals surface area contributed by atoms with Crippen molar-refractivity contribution in [3.8, 4) is 11.4 Å². The van der Waals surface area contributed by atoms with Crippen LogP contribution in [0, 0.1) is 5.92 Å². The second-order valence-electron chi connectivity index (χ2n) is 6.21. The van der Waals surface area contributed by atoms with Crippen LogP contribution in [-0.4, -0.2) is 50.1 Å². The summed E-state index contributed by atoms with van der Waals surface area (Å²) in [6.07, 6.45) is 2.71. The lowest BCUT2D eigenvalue weighted by Gasteiger charge is -2.30. The van der Waals surface area contributed by atoms with Gasteiger partial charge in [-0.3, -0.25) is 9.59 Å². The Morgan fingerprint density at radius 3 is 2.52 bits per heavy atom. The minimum Gasteiger partial charge on any atom is -0.426 e. The number of benzene rings is 1. The lowest BCUT2D eigenvalue weighted by molar-refractivity contribution is -0.140. The quantitative estimate of drug-likeness (QED) is 0.507. The van der Waals surface area contributed by atoms with Gasteiger partial charge in [-0.1, -0.05) is 6.07 Å². The Labute approximate surface area is 159 Å². The van der Waals surface area contributed by atoms with E-state index in [2.05, 4.69) is 15.5 Å². The van der Waals surface area contributed by atoms with Crippen LogP contribution in [0.1, 0.15) is 22.5 Å². The first-order valence-corrected chi connectivity index (χ1v) is 9.46. The molecular weight excluding hydrogens is 366 g/mol. The van der Waals surface area contributed by atoms with E-state index in [0.717, 1.165) is 10.6 Å². The van der Waals surface area contributed by atoms with Crippen LogP contribution in [0.5, 0.6) is 5.75 Å². The van der Waals surface area contributed by atoms with E-state index in [1.54, 1.807) is 29.2 Å². The number of aromatic nitrogens is 4. The summed E-state index contributed by atoms with van der Waals surface area (Å²) < 4.78 is 7.01. The fourth-order valence-electron chi connectivity index (χ4n) is 3.02. The van der Waals surface area contributed by atoms with Crippen molar-refractivity contribution in [2.75, 3.05) is 13.1 Å². The number of ether oxygens (including phenoxy) is 1. The Hall–Kier alpha value is -3.07. The zero-order valence-electron chi connectivity index (χ0n) is 14.4. The van der Waals surface area contributed by atoms with Crippen molar-refractivity contribution in [2.24, 2.45) is 5.92 Å². The lowest BCUT2D eigenvalue weighted by Crippen LogP contribution is -2.40. The molecule has 1 aliphatic rings. The van der Waals surface area contributed by atoms with Gasteiger partial charge in [0, 0.05) is 13.1 Å². The molecule has 4 rings (SSSR count). The molecule has 27 heavy (non-hydrogen) atoms. The van der Waals surface area contributed by atoms with Crippen LogP contribution < -0.4 is 4.74 Å². The van der Waals surface area contributed by atoms with Crippen LogP contribution >= 0.6 is 11.3 Å². The fraction of sp³-hybridized carbons (Fsp3) is 0.278. The molecular formula is C18H17N5O3S. The van der Waals surface area contributed by atoms with E-state index in [4.69, 9.17) is 4.74 Å². The van der Waals surface area contributed by atoms with E-state index < -0.39 is 0 Å². The molecule has 1 aromatic carbocycles. The molecule has 3 aromatic rings. The number of likely N-dealkylation sites (tertiary alicyclic amines) is 1. The minimum absolute atomic E-state index is 0.0370. The predicted octanol–water partition coefficient (Wildman–Crippen LogP) is 2.18. The standard InChI is InChI=1S/C18H17N5O3S/c24-17(16-2-1-11-27-16)22-9-7-13(8-10-22)18(25)26-15-5-3-14(4-6-15)23-12-19-20-21-23/h1-6,11-13H,7-10H2. The van der Waals surface area contributed by atoms with Crippen molar-refractivity contribution in [3.63, 3.8) is 0 Å². The van der Waals surface area contributed by atoms with Crippen molar-refractivity contribution < 1.29 is 14.3 Å². The SMILES string of the molecule is O=C(Oc1ccc(-n2cnnn2)cc1)C1CCN(C(=O)c2cccs2)CC1. The number of carbonyl (C=O) groups is 2. The zero-order chi connectivity index (χ0) is 18.6. The molecule has 138 valence electrons. The third-order valence-electron chi connectivity index (χ3n) is 4.52. The molecule has 1 aliphatic heterocycles. The van der Waals surface area contributed by atoms with Crippen molar-refractivity contribution in [1.82, 2.24) is 25.1 Å². The Morgan fingerprint density at radius 1 is 1.11 bits per heavy atom. The molecule has 9 heteroatoms. The summed E-state index contributed by atoms with van der Waals surface area (Å²) in [5, 5.41) is 12.9. The van der Waals surface area contributed by atoms with E-state index in [1.807, 2.05) is 17.5 Å². The summed E-state index contributed by atoms with van der Waals surface area (Å²) in [6, 6.07) is 10.7. The van der Waals surface area contributed by atoms with Gasteiger partial charge in [-0.25, -0.2) is 4.68 Å². The average molecular weight is 383 g/mol. The molecule has 2 aromatic heterocycles. The molecule has 0 saturated carbocycles. The van der Waals surface area contributed by atoms with Crippen molar-refractivity contribution in [3.05, 3.63) is 53.0 Å². The summed E-state index contributed by atoms with van der Waals surface area (Å²) in [4.78, 5) is 27.3. The van der Waals surface area contributed by atoms with Crippen LogP contribution in [0.3, 0.4) is 0 Å². The number of hydrogen-bond acceptors (Lipinski definition) is 7. The molecule has 1 amide bonds. The first kappa shape index (κ1) is 17.3. The summed E-state index contributed by atoms with van der Waals surface area (Å²) >= 11 is 1.44. The van der Waals surface area contributed by atoms with Crippen molar-refractivity contribution in [1.29, 1.82) is 0 Å². The maximum atomic E-state index is 12.4. The van der Waals surface area contributed by atoms with E-state index in [-0.39, 0.29) is 17.8 Å². The Bertz CT molecular complexity index is 901. The summed E-state index contributed by atoms with van der Waals surface area (Å²) in [7, 11) is 0. The van der Waals surface area contributed by atoms with Crippen molar-refractivity contribution >= 4 is 23.2 Å². The number of thiophene rings is 1. The molecule has 1 fully saturated rings. The monoisotopic (exact) mass is 383 g/mol. The van der Waals surface area contributed by atoms with E-state index in [1.165, 1.54) is 22.3 Å². The molecule has 0 spiro atoms. The Morgan fingerprint density at radius 2 is 1.89 bits per heavy atom. The highest BCUT2D eigenvalue weighted by atomic mass is 32.1. The van der Waals surface area contributed by atoms with Crippen LogP contribution in [0.4, 0.5) is 0 Å². The molecule has 0 unspecified atom stereocenters. The lowest BCUT2D eigenvalue weighted by atomic mass is 9.97. The third-order valence-corrected chi connectivity index (χ3v) is 5.37. The number of carbonyl (C=O) groups excluding carboxylic acids is 2. The first-order valence-electron chi connectivity index (χ1n) is 8.58. The highest BCUT2D eigenvalue weighted by molar-refractivity contribution is 7.12. The number of amides is 1. The number of rotatable bonds is 4. The molecule has 0 atom stereocenters. The van der Waals surface area contributed by atoms with Gasteiger partial charge in [0.05, 0.1) is 16.5 Å². The van der Waals surface area contributed by atoms with Gasteiger partial charge in [0.1, 0.15) is 12.1 Å². The van der Waals surface area contributed by atoms with Gasteiger partial charge in [-0.05, 0) is 59.0 Å². The predicted molar refractivity (Wildman–Crippen MR) is 97.7 cm³/mol. The number of nitrogens with zero attached hydrogens (tertiary/aromatic N) is 5. The molecule has 0 bridgehead atoms. The summed E-state index contributed by atoms with van der Waals surface area (Å²) in [5.74, 6) is 0.0638. The van der Waals surface area contributed by atoms with Gasteiger partial charge in [-0.15, -0.1) is 16.4 Å². The zero-order valence-corrected chi connectivity index (χ0v) is 15.2. The number of esters is 1. The highest BCUT2D eigenvalue weighted by Gasteiger charge is 2.29. The first-order chi connectivity index (χ1) is 13.2. The maximum absolute atomic E-state index is 12.4. The van der Waals surface area contributed by atoms with E-state index >= 15 is 0 Å². The van der Waals surface area contributed by atoms with Gasteiger partial charge in [-0.2, -0.15) is 0 Å². The number of hydrogen-bond donors (Lipinski definition) is 0. The largest absolute Gasteiger partial charge is 0.426 e. The smallest absolute Gasteiger partial charge is 0.314 e. The second-order valence-corrected chi connectivity index (χ2v) is 7.16. The van der Waals surface area contributed by atoms with Crippen LogP contribution in [-0.2, 0) is 4.79 Å². The number of tetrazole rings is 1.